The van der Waals surface area contributed by atoms with Crippen LogP contribution in [0.15, 0.2) is 169 Å². The van der Waals surface area contributed by atoms with Gasteiger partial charge in [-0.3, -0.25) is 0 Å². The van der Waals surface area contributed by atoms with Gasteiger partial charge in [0.25, 0.3) is 0 Å². The predicted octanol–water partition coefficient (Wildman–Crippen LogP) is 37.6. The standard InChI is InChI=1S/C21H36O3S.C20H34O3S.4C19H32O3S.6CH4/c1-5-17(3)12-10-8-7-9-11-13-19(6-2)20-14-15-21(18(4)16-20)25(22,23)24;1-5-6-7-8-16(2)15-17(3)9-10-18(4)19-11-13-20(14-12-19)24(21,22)23;2*1-4-5-6-9-16(2)10-7-8-11-17(3)18-12-14-19(15-13-18)23(20,21)22;1-4-5-6-7-8-9-16(2)10-11-17(3)18-12-14-19(15-13-18)23(20,21)22;1-4-6-7-8-9-10-16(3)15-17(5-2)18-11-13-19(14-12-18)23(20,21)22;;;;;;/h14-17,19H,5-13H2,1-4H3,(H,22,23,24);11-14,16-18H,5-10,15H2,1-4H3,(H,21,22,23);3*12-17H,4-11H2,1-3H3,(H,20,21,22);11-14,16-17H,4-10,15H2,1-3H3,(H,20,21,22);6*1H4/p-6/t;;2*16-,17?;;;;;;;;/m..10......../s1. The first-order chi connectivity index (χ1) is 66.4. The van der Waals surface area contributed by atoms with Gasteiger partial charge in [-0.15, -0.1) is 0 Å². The molecule has 0 aliphatic rings. The smallest absolute Gasteiger partial charge is 0.124 e. The number of unbranched alkanes of at least 4 members (excludes halogenated alkanes) is 20. The van der Waals surface area contributed by atoms with E-state index in [1.54, 1.807) is 67.6 Å². The first-order valence-electron chi connectivity index (χ1n) is 54.8. The van der Waals surface area contributed by atoms with Crippen molar-refractivity contribution in [3.63, 3.8) is 0 Å². The van der Waals surface area contributed by atoms with Gasteiger partial charge in [0, 0.05) is 0 Å². The molecule has 0 spiro atoms. The Morgan fingerprint density at radius 1 is 0.197 bits per heavy atom. The second kappa shape index (κ2) is 85.1. The fourth-order valence-corrected chi connectivity index (χ4v) is 21.8. The molecule has 6 rings (SSSR count). The number of hydrogen-bond donors (Lipinski definition) is 0. The fourth-order valence-electron chi connectivity index (χ4n) is 18.7. The molecule has 0 radical (unpaired) electrons. The normalized spacial score (nSPS) is 14.2. The second-order valence-corrected chi connectivity index (χ2v) is 50.2. The van der Waals surface area contributed by atoms with Crippen molar-refractivity contribution < 1.29 is 77.8 Å². The maximum Gasteiger partial charge on any atom is 0.124 e. The van der Waals surface area contributed by atoms with Crippen LogP contribution >= 0.6 is 0 Å². The second-order valence-electron chi connectivity index (χ2n) is 42.0. The van der Waals surface area contributed by atoms with Crippen LogP contribution < -0.4 is 0 Å². The van der Waals surface area contributed by atoms with Crippen LogP contribution in [-0.2, 0) is 60.7 Å². The molecule has 0 aliphatic carbocycles. The highest BCUT2D eigenvalue weighted by molar-refractivity contribution is 7.87. The molecule has 13 atom stereocenters. The number of hydrogen-bond acceptors (Lipinski definition) is 18. The number of aryl methyl sites for hydroxylation is 1. The minimum absolute atomic E-state index is 0. The molecule has 0 N–H and O–H groups in total. The molecular weight excluding hydrogens is 1960 g/mol. The van der Waals surface area contributed by atoms with Gasteiger partial charge in [0.2, 0.25) is 0 Å². The molecule has 0 amide bonds. The zero-order valence-electron chi connectivity index (χ0n) is 91.0. The zero-order valence-corrected chi connectivity index (χ0v) is 95.9. The van der Waals surface area contributed by atoms with Crippen LogP contribution in [0, 0.1) is 48.3 Å². The summed E-state index contributed by atoms with van der Waals surface area (Å²) in [5.41, 5.74) is 7.28. The maximum absolute atomic E-state index is 11.2. The zero-order chi connectivity index (χ0) is 106. The van der Waals surface area contributed by atoms with Crippen molar-refractivity contribution >= 4 is 60.7 Å². The summed E-state index contributed by atoms with van der Waals surface area (Å²) >= 11 is 0. The number of benzene rings is 6. The lowest BCUT2D eigenvalue weighted by atomic mass is 9.85. The first-order valence-corrected chi connectivity index (χ1v) is 63.2. The van der Waals surface area contributed by atoms with E-state index in [1.165, 1.54) is 324 Å². The van der Waals surface area contributed by atoms with Gasteiger partial charge in [0.1, 0.15) is 60.7 Å². The van der Waals surface area contributed by atoms with Crippen LogP contribution in [0.25, 0.3) is 0 Å². The largest absolute Gasteiger partial charge is 0.744 e. The van der Waals surface area contributed by atoms with Gasteiger partial charge in [0.15, 0.2) is 0 Å². The van der Waals surface area contributed by atoms with E-state index in [2.05, 4.69) is 132 Å². The Balaban J connectivity index is -0.000000403. The van der Waals surface area contributed by atoms with E-state index < -0.39 is 60.7 Å². The highest BCUT2D eigenvalue weighted by Crippen LogP contribution is 2.36. The quantitative estimate of drug-likeness (QED) is 0.0253. The highest BCUT2D eigenvalue weighted by Gasteiger charge is 2.20. The Morgan fingerprint density at radius 3 is 0.687 bits per heavy atom. The molecule has 6 aromatic rings. The van der Waals surface area contributed by atoms with Crippen LogP contribution in [0.1, 0.15) is 559 Å². The van der Waals surface area contributed by atoms with E-state index in [0.717, 1.165) is 114 Å². The molecule has 0 bridgehead atoms. The Morgan fingerprint density at radius 2 is 0.408 bits per heavy atom. The van der Waals surface area contributed by atoms with Crippen molar-refractivity contribution in [2.75, 3.05) is 0 Å². The topological polar surface area (TPSA) is 343 Å². The molecule has 0 saturated heterocycles. The summed E-state index contributed by atoms with van der Waals surface area (Å²) in [7, 11) is -26.1. The van der Waals surface area contributed by atoms with Crippen LogP contribution in [0.2, 0.25) is 0 Å². The van der Waals surface area contributed by atoms with E-state index in [9.17, 15) is 77.8 Å². The molecule has 0 fully saturated rings. The summed E-state index contributed by atoms with van der Waals surface area (Å²) in [4.78, 5) is -0.808. The molecule has 11 unspecified atom stereocenters. The lowest BCUT2D eigenvalue weighted by molar-refractivity contribution is 0.356. The number of rotatable bonds is 67. The molecule has 18 nitrogen and oxygen atoms in total. The van der Waals surface area contributed by atoms with Crippen molar-refractivity contribution in [1.82, 2.24) is 0 Å². The van der Waals surface area contributed by atoms with E-state index in [1.807, 2.05) is 12.1 Å². The van der Waals surface area contributed by atoms with Crippen LogP contribution in [0.5, 0.6) is 0 Å². The Hall–Kier alpha value is -5.22. The summed E-state index contributed by atoms with van der Waals surface area (Å²) in [6, 6.07) is 37.2. The summed E-state index contributed by atoms with van der Waals surface area (Å²) < 4.78 is 198. The van der Waals surface area contributed by atoms with E-state index >= 15 is 0 Å². The Labute approximate surface area is 907 Å². The van der Waals surface area contributed by atoms with Crippen molar-refractivity contribution in [1.29, 1.82) is 0 Å². The summed E-state index contributed by atoms with van der Waals surface area (Å²) in [5, 5.41) is 0. The van der Waals surface area contributed by atoms with Gasteiger partial charge in [-0.25, -0.2) is 50.5 Å². The van der Waals surface area contributed by atoms with Crippen molar-refractivity contribution in [2.45, 2.75) is 556 Å². The lowest BCUT2D eigenvalue weighted by Crippen LogP contribution is -2.06. The Bertz CT molecular complexity index is 4810. The van der Waals surface area contributed by atoms with Crippen LogP contribution in [0.4, 0.5) is 0 Å². The predicted molar refractivity (Wildman–Crippen MR) is 622 cm³/mol. The minimum Gasteiger partial charge on any atom is -0.744 e. The summed E-state index contributed by atoms with van der Waals surface area (Å²) in [5.74, 6) is 7.85. The molecular formula is C123H216O18S6-6. The highest BCUT2D eigenvalue weighted by atomic mass is 32.2. The van der Waals surface area contributed by atoms with Crippen molar-refractivity contribution in [2.24, 2.45) is 41.4 Å². The molecule has 6 aromatic carbocycles. The molecule has 0 heterocycles. The van der Waals surface area contributed by atoms with E-state index in [4.69, 9.17) is 0 Å². The summed E-state index contributed by atoms with van der Waals surface area (Å²) in [6.45, 7) is 44.5. The fraction of sp³-hybridized carbons (Fsp3) is 0.707. The minimum atomic E-state index is -4.37. The molecule has 0 saturated carbocycles. The maximum atomic E-state index is 11.2. The van der Waals surface area contributed by atoms with Gasteiger partial charge < -0.3 is 27.3 Å². The molecule has 0 aliphatic heterocycles. The van der Waals surface area contributed by atoms with Crippen molar-refractivity contribution in [3.05, 3.63) is 178 Å². The van der Waals surface area contributed by atoms with E-state index in [0.29, 0.717) is 52.9 Å². The third kappa shape index (κ3) is 71.5. The molecule has 24 heteroatoms. The van der Waals surface area contributed by atoms with E-state index in [-0.39, 0.29) is 73.9 Å². The average Bonchev–Trinajstić information content (AvgIpc) is 0.817. The average molecular weight is 2180 g/mol. The van der Waals surface area contributed by atoms with Crippen LogP contribution in [0.3, 0.4) is 0 Å². The van der Waals surface area contributed by atoms with Gasteiger partial charge in [0.05, 0.1) is 29.4 Å². The first kappa shape index (κ1) is 152. The summed E-state index contributed by atoms with van der Waals surface area (Å²) in [6.07, 6.45) is 60.7. The molecule has 858 valence electrons. The van der Waals surface area contributed by atoms with Gasteiger partial charge in [-0.05, 0) is 247 Å². The SMILES string of the molecule is C.C.C.C.C.C.CCC(C)CCCCCCCC(CC)c1ccc(S(=O)(=O)[O-])c(C)c1.CCCCCC(C)CC(C)CCC(C)c1ccc(S(=O)(=O)[O-])cc1.CCCCCCCC(C)CC(CC)c1ccc(S(=O)(=O)[O-])cc1.CCCCCCCC(C)CCC(C)c1ccc(S(=O)(=O)[O-])cc1.CCCCC[C@@H](C)CCCCC(C)c1ccc(S(=O)(=O)[O-])cc1.CCCCC[C@H](C)CCCCC(C)c1ccc(S(=O)(=O)[O-])cc1. The Kier molecular flexibility index (Phi) is 88.2. The monoisotopic (exact) mass is 2170 g/mol. The van der Waals surface area contributed by atoms with Gasteiger partial charge >= 0.3 is 0 Å². The molecule has 147 heavy (non-hydrogen) atoms. The van der Waals surface area contributed by atoms with Gasteiger partial charge in [-0.1, -0.05) is 499 Å². The van der Waals surface area contributed by atoms with Gasteiger partial charge in [-0.2, -0.15) is 0 Å². The van der Waals surface area contributed by atoms with Crippen LogP contribution in [-0.4, -0.2) is 77.8 Å². The van der Waals surface area contributed by atoms with Crippen molar-refractivity contribution in [3.8, 4) is 0 Å². The third-order valence-electron chi connectivity index (χ3n) is 28.8. The molecule has 0 aromatic heterocycles. The third-order valence-corrected chi connectivity index (χ3v) is 34.1. The lowest BCUT2D eigenvalue weighted by Gasteiger charge is -2.21.